The van der Waals surface area contributed by atoms with Crippen LogP contribution in [0.4, 0.5) is 0 Å². The third-order valence-corrected chi connectivity index (χ3v) is 7.82. The summed E-state index contributed by atoms with van der Waals surface area (Å²) >= 11 is 0. The fourth-order valence-corrected chi connectivity index (χ4v) is 5.26. The molecule has 1 amide bonds. The Balaban J connectivity index is 1.46. The fraction of sp³-hybridized carbons (Fsp3) is 0.650. The van der Waals surface area contributed by atoms with Crippen LogP contribution in [-0.2, 0) is 21.4 Å². The van der Waals surface area contributed by atoms with E-state index in [0.717, 1.165) is 32.4 Å². The van der Waals surface area contributed by atoms with Gasteiger partial charge in [-0.3, -0.25) is 4.79 Å². The van der Waals surface area contributed by atoms with Crippen molar-refractivity contribution in [2.45, 2.75) is 32.1 Å². The maximum absolute atomic E-state index is 12.9. The molecular formula is C20H31N3O3S. The van der Waals surface area contributed by atoms with Crippen molar-refractivity contribution in [1.29, 1.82) is 0 Å². The van der Waals surface area contributed by atoms with Gasteiger partial charge in [0.05, 0.1) is 0 Å². The minimum absolute atomic E-state index is 0.0377. The number of piperidine rings is 2. The highest BCUT2D eigenvalue weighted by molar-refractivity contribution is 7.86. The van der Waals surface area contributed by atoms with E-state index in [9.17, 15) is 13.2 Å². The molecule has 0 saturated carbocycles. The predicted octanol–water partition coefficient (Wildman–Crippen LogP) is 1.99. The fourth-order valence-electron chi connectivity index (χ4n) is 4.13. The molecule has 27 heavy (non-hydrogen) atoms. The largest absolute Gasteiger partial charge is 0.342 e. The Kier molecular flexibility index (Phi) is 6.55. The lowest BCUT2D eigenvalue weighted by atomic mass is 9.89. The third kappa shape index (κ3) is 4.89. The zero-order valence-electron chi connectivity index (χ0n) is 16.4. The van der Waals surface area contributed by atoms with Crippen LogP contribution in [-0.4, -0.2) is 68.1 Å². The molecule has 0 spiro atoms. The molecular weight excluding hydrogens is 362 g/mol. The monoisotopic (exact) mass is 393 g/mol. The average Bonchev–Trinajstić information content (AvgIpc) is 2.69. The van der Waals surface area contributed by atoms with E-state index >= 15 is 0 Å². The van der Waals surface area contributed by atoms with Gasteiger partial charge in [0.15, 0.2) is 0 Å². The number of likely N-dealkylation sites (tertiary alicyclic amines) is 1. The molecule has 6 nitrogen and oxygen atoms in total. The van der Waals surface area contributed by atoms with Crippen LogP contribution in [0.2, 0.25) is 0 Å². The molecule has 0 aliphatic carbocycles. The smallest absolute Gasteiger partial charge is 0.281 e. The quantitative estimate of drug-likeness (QED) is 0.769. The van der Waals surface area contributed by atoms with Gasteiger partial charge < -0.3 is 4.90 Å². The molecule has 0 bridgehead atoms. The van der Waals surface area contributed by atoms with Crippen LogP contribution in [0, 0.1) is 11.8 Å². The van der Waals surface area contributed by atoms with E-state index in [-0.39, 0.29) is 11.8 Å². The molecule has 1 aromatic carbocycles. The van der Waals surface area contributed by atoms with E-state index < -0.39 is 10.2 Å². The molecule has 7 heteroatoms. The Morgan fingerprint density at radius 1 is 1.00 bits per heavy atom. The first kappa shape index (κ1) is 20.3. The minimum Gasteiger partial charge on any atom is -0.342 e. The van der Waals surface area contributed by atoms with E-state index in [1.807, 2.05) is 11.0 Å². The van der Waals surface area contributed by atoms with Crippen molar-refractivity contribution >= 4 is 16.1 Å². The van der Waals surface area contributed by atoms with Gasteiger partial charge in [-0.05, 0) is 43.6 Å². The molecule has 1 aromatic rings. The van der Waals surface area contributed by atoms with Crippen LogP contribution < -0.4 is 0 Å². The number of carbonyl (C=O) groups is 1. The molecule has 2 saturated heterocycles. The first-order chi connectivity index (χ1) is 12.9. The van der Waals surface area contributed by atoms with Gasteiger partial charge in [-0.1, -0.05) is 30.3 Å². The second-order valence-corrected chi connectivity index (χ2v) is 10.1. The lowest BCUT2D eigenvalue weighted by Gasteiger charge is -2.37. The summed E-state index contributed by atoms with van der Waals surface area (Å²) in [6.07, 6.45) is 4.43. The molecule has 2 aliphatic heterocycles. The second kappa shape index (κ2) is 8.71. The van der Waals surface area contributed by atoms with E-state index in [1.54, 1.807) is 14.1 Å². The molecule has 0 aromatic heterocycles. The van der Waals surface area contributed by atoms with Gasteiger partial charge in [-0.2, -0.15) is 17.0 Å². The van der Waals surface area contributed by atoms with Crippen molar-refractivity contribution in [3.63, 3.8) is 0 Å². The summed E-state index contributed by atoms with van der Waals surface area (Å²) in [5.41, 5.74) is 1.37. The number of carbonyl (C=O) groups excluding carboxylic acids is 1. The van der Waals surface area contributed by atoms with E-state index in [4.69, 9.17) is 0 Å². The summed E-state index contributed by atoms with van der Waals surface area (Å²) in [5.74, 6) is 0.822. The van der Waals surface area contributed by atoms with Crippen molar-refractivity contribution < 1.29 is 13.2 Å². The highest BCUT2D eigenvalue weighted by Gasteiger charge is 2.34. The standard InChI is InChI=1S/C20H31N3O3S/c1-21(2)27(25,26)23-14-10-19(11-15-23)20(24)22-12-8-18(9-13-22)16-17-6-4-3-5-7-17/h3-7,18-19H,8-16H2,1-2H3. The van der Waals surface area contributed by atoms with Crippen LogP contribution >= 0.6 is 0 Å². The van der Waals surface area contributed by atoms with Crippen molar-refractivity contribution in [2.24, 2.45) is 11.8 Å². The van der Waals surface area contributed by atoms with Gasteiger partial charge in [0, 0.05) is 46.2 Å². The van der Waals surface area contributed by atoms with Gasteiger partial charge in [-0.25, -0.2) is 0 Å². The third-order valence-electron chi connectivity index (χ3n) is 5.88. The number of amides is 1. The average molecular weight is 394 g/mol. The molecule has 0 radical (unpaired) electrons. The van der Waals surface area contributed by atoms with Crippen molar-refractivity contribution in [1.82, 2.24) is 13.5 Å². The summed E-state index contributed by atoms with van der Waals surface area (Å²) in [7, 11) is -0.274. The lowest BCUT2D eigenvalue weighted by molar-refractivity contribution is -0.138. The summed E-state index contributed by atoms with van der Waals surface area (Å²) in [4.78, 5) is 14.9. The maximum Gasteiger partial charge on any atom is 0.281 e. The molecule has 2 aliphatic rings. The Labute approximate surface area is 163 Å². The van der Waals surface area contributed by atoms with Gasteiger partial charge in [0.1, 0.15) is 0 Å². The zero-order chi connectivity index (χ0) is 19.4. The zero-order valence-corrected chi connectivity index (χ0v) is 17.2. The van der Waals surface area contributed by atoms with Crippen LogP contribution in [0.3, 0.4) is 0 Å². The number of benzene rings is 1. The van der Waals surface area contributed by atoms with E-state index in [1.165, 1.54) is 14.2 Å². The van der Waals surface area contributed by atoms with Crippen LogP contribution in [0.5, 0.6) is 0 Å². The van der Waals surface area contributed by atoms with Crippen molar-refractivity contribution in [3.8, 4) is 0 Å². The van der Waals surface area contributed by atoms with Gasteiger partial charge in [0.25, 0.3) is 10.2 Å². The van der Waals surface area contributed by atoms with Crippen molar-refractivity contribution in [2.75, 3.05) is 40.3 Å². The SMILES string of the molecule is CN(C)S(=O)(=O)N1CCC(C(=O)N2CCC(Cc3ccccc3)CC2)CC1. The van der Waals surface area contributed by atoms with Crippen LogP contribution in [0.1, 0.15) is 31.2 Å². The Bertz CT molecular complexity index is 720. The normalized spacial score (nSPS) is 20.9. The predicted molar refractivity (Wildman–Crippen MR) is 106 cm³/mol. The Hall–Kier alpha value is -1.44. The molecule has 2 fully saturated rings. The Morgan fingerprint density at radius 2 is 1.59 bits per heavy atom. The number of hydrogen-bond acceptors (Lipinski definition) is 3. The summed E-state index contributed by atoms with van der Waals surface area (Å²) in [6, 6.07) is 10.5. The van der Waals surface area contributed by atoms with Crippen molar-refractivity contribution in [3.05, 3.63) is 35.9 Å². The minimum atomic E-state index is -3.37. The highest BCUT2D eigenvalue weighted by Crippen LogP contribution is 2.26. The van der Waals surface area contributed by atoms with Gasteiger partial charge in [-0.15, -0.1) is 0 Å². The topological polar surface area (TPSA) is 60.9 Å². The van der Waals surface area contributed by atoms with Gasteiger partial charge in [0.2, 0.25) is 5.91 Å². The van der Waals surface area contributed by atoms with Crippen LogP contribution in [0.15, 0.2) is 30.3 Å². The Morgan fingerprint density at radius 3 is 2.15 bits per heavy atom. The first-order valence-corrected chi connectivity index (χ1v) is 11.3. The number of rotatable bonds is 5. The summed E-state index contributed by atoms with van der Waals surface area (Å²) in [5, 5.41) is 0. The number of hydrogen-bond donors (Lipinski definition) is 0. The summed E-state index contributed by atoms with van der Waals surface area (Å²) < 4.78 is 27.1. The molecule has 150 valence electrons. The van der Waals surface area contributed by atoms with Crippen LogP contribution in [0.25, 0.3) is 0 Å². The second-order valence-electron chi connectivity index (χ2n) is 7.92. The van der Waals surface area contributed by atoms with Gasteiger partial charge >= 0.3 is 0 Å². The summed E-state index contributed by atoms with van der Waals surface area (Å²) in [6.45, 7) is 2.52. The molecule has 0 unspecified atom stereocenters. The highest BCUT2D eigenvalue weighted by atomic mass is 32.2. The first-order valence-electron chi connectivity index (χ1n) is 9.88. The maximum atomic E-state index is 12.9. The number of nitrogens with zero attached hydrogens (tertiary/aromatic N) is 3. The lowest BCUT2D eigenvalue weighted by Crippen LogP contribution is -2.48. The van der Waals surface area contributed by atoms with E-state index in [2.05, 4.69) is 24.3 Å². The molecule has 2 heterocycles. The molecule has 0 N–H and O–H groups in total. The van der Waals surface area contributed by atoms with E-state index in [0.29, 0.717) is 31.8 Å². The molecule has 0 atom stereocenters. The molecule has 3 rings (SSSR count).